The largest absolute Gasteiger partial charge is 0.338 e. The van der Waals surface area contributed by atoms with Crippen LogP contribution in [0.1, 0.15) is 50.4 Å². The van der Waals surface area contributed by atoms with Gasteiger partial charge in [0.2, 0.25) is 5.89 Å². The Balaban J connectivity index is 1.64. The Bertz CT molecular complexity index is 530. The zero-order valence-corrected chi connectivity index (χ0v) is 11.4. The molecule has 0 atom stereocenters. The van der Waals surface area contributed by atoms with Crippen LogP contribution in [0.15, 0.2) is 22.1 Å². The van der Waals surface area contributed by atoms with Crippen LogP contribution in [0.3, 0.4) is 0 Å². The molecule has 0 radical (unpaired) electrons. The van der Waals surface area contributed by atoms with Crippen molar-refractivity contribution in [2.45, 2.75) is 49.6 Å². The highest BCUT2D eigenvalue weighted by atomic mass is 32.2. The lowest BCUT2D eigenvalue weighted by Gasteiger charge is -2.03. The van der Waals surface area contributed by atoms with E-state index in [2.05, 4.69) is 33.5 Å². The van der Waals surface area contributed by atoms with Gasteiger partial charge in [0, 0.05) is 24.4 Å². The maximum atomic E-state index is 5.22. The fourth-order valence-electron chi connectivity index (χ4n) is 1.73. The molecule has 2 heterocycles. The molecule has 0 N–H and O–H groups in total. The molecule has 0 aliphatic heterocycles. The maximum absolute atomic E-state index is 5.22. The van der Waals surface area contributed by atoms with Crippen LogP contribution in [0.4, 0.5) is 0 Å². The van der Waals surface area contributed by atoms with Crippen LogP contribution >= 0.6 is 11.8 Å². The Kier molecular flexibility index (Phi) is 3.11. The number of rotatable bonds is 5. The maximum Gasteiger partial charge on any atom is 0.237 e. The van der Waals surface area contributed by atoms with Gasteiger partial charge in [-0.25, -0.2) is 4.98 Å². The Morgan fingerprint density at radius 3 is 3.00 bits per heavy atom. The fraction of sp³-hybridized carbons (Fsp3) is 0.583. The Morgan fingerprint density at radius 1 is 1.50 bits per heavy atom. The SMILES string of the molecule is CC(C)c1noc(CSc2nccn2C2CC2)n1. The van der Waals surface area contributed by atoms with Gasteiger partial charge in [-0.1, -0.05) is 30.8 Å². The second-order valence-corrected chi connectivity index (χ2v) is 5.78. The highest BCUT2D eigenvalue weighted by Crippen LogP contribution is 2.38. The van der Waals surface area contributed by atoms with E-state index in [9.17, 15) is 0 Å². The number of imidazole rings is 1. The van der Waals surface area contributed by atoms with Gasteiger partial charge in [-0.15, -0.1) is 0 Å². The minimum atomic E-state index is 0.306. The lowest BCUT2D eigenvalue weighted by atomic mass is 10.2. The summed E-state index contributed by atoms with van der Waals surface area (Å²) < 4.78 is 7.46. The van der Waals surface area contributed by atoms with E-state index in [0.29, 0.717) is 23.6 Å². The molecule has 1 saturated carbocycles. The third kappa shape index (κ3) is 2.43. The number of hydrogen-bond acceptors (Lipinski definition) is 5. The first-order chi connectivity index (χ1) is 8.74. The van der Waals surface area contributed by atoms with Gasteiger partial charge < -0.3 is 9.09 Å². The Hall–Kier alpha value is -1.30. The van der Waals surface area contributed by atoms with Gasteiger partial charge in [0.25, 0.3) is 0 Å². The normalized spacial score (nSPS) is 15.5. The first kappa shape index (κ1) is 11.8. The fourth-order valence-corrected chi connectivity index (χ4v) is 2.59. The number of nitrogens with zero attached hydrogens (tertiary/aromatic N) is 4. The smallest absolute Gasteiger partial charge is 0.237 e. The molecule has 0 aromatic carbocycles. The Labute approximate surface area is 110 Å². The molecule has 1 aliphatic carbocycles. The lowest BCUT2D eigenvalue weighted by molar-refractivity contribution is 0.382. The molecule has 1 aliphatic rings. The van der Waals surface area contributed by atoms with E-state index >= 15 is 0 Å². The van der Waals surface area contributed by atoms with Crippen molar-refractivity contribution in [1.82, 2.24) is 19.7 Å². The Morgan fingerprint density at radius 2 is 2.33 bits per heavy atom. The third-order valence-electron chi connectivity index (χ3n) is 2.90. The summed E-state index contributed by atoms with van der Waals surface area (Å²) in [5.41, 5.74) is 0. The first-order valence-corrected chi connectivity index (χ1v) is 7.20. The zero-order chi connectivity index (χ0) is 12.5. The summed E-state index contributed by atoms with van der Waals surface area (Å²) >= 11 is 1.66. The predicted octanol–water partition coefficient (Wildman–Crippen LogP) is 3.02. The second kappa shape index (κ2) is 4.76. The molecule has 0 amide bonds. The molecule has 5 nitrogen and oxygen atoms in total. The van der Waals surface area contributed by atoms with Crippen LogP contribution in [-0.4, -0.2) is 19.7 Å². The van der Waals surface area contributed by atoms with Crippen molar-refractivity contribution < 1.29 is 4.52 Å². The van der Waals surface area contributed by atoms with E-state index in [1.54, 1.807) is 11.8 Å². The molecular formula is C12H16N4OS. The molecule has 0 unspecified atom stereocenters. The van der Waals surface area contributed by atoms with Crippen molar-refractivity contribution >= 4 is 11.8 Å². The van der Waals surface area contributed by atoms with Crippen LogP contribution < -0.4 is 0 Å². The second-order valence-electron chi connectivity index (χ2n) is 4.84. The van der Waals surface area contributed by atoms with Crippen LogP contribution in [0, 0.1) is 0 Å². The highest BCUT2D eigenvalue weighted by Gasteiger charge is 2.25. The molecule has 0 bridgehead atoms. The molecule has 6 heteroatoms. The summed E-state index contributed by atoms with van der Waals surface area (Å²) in [5.74, 6) is 2.44. The molecule has 2 aromatic rings. The molecule has 3 rings (SSSR count). The predicted molar refractivity (Wildman–Crippen MR) is 68.4 cm³/mol. The number of thioether (sulfide) groups is 1. The van der Waals surface area contributed by atoms with Crippen LogP contribution in [0.2, 0.25) is 0 Å². The summed E-state index contributed by atoms with van der Waals surface area (Å²) in [6.45, 7) is 4.11. The van der Waals surface area contributed by atoms with Crippen LogP contribution in [0.5, 0.6) is 0 Å². The molecule has 2 aromatic heterocycles. The van der Waals surface area contributed by atoms with E-state index in [-0.39, 0.29) is 0 Å². The van der Waals surface area contributed by atoms with Crippen molar-refractivity contribution in [1.29, 1.82) is 0 Å². The summed E-state index contributed by atoms with van der Waals surface area (Å²) in [5, 5.41) is 5.00. The monoisotopic (exact) mass is 264 g/mol. The third-order valence-corrected chi connectivity index (χ3v) is 3.86. The number of aromatic nitrogens is 4. The van der Waals surface area contributed by atoms with Gasteiger partial charge in [0.15, 0.2) is 11.0 Å². The average Bonchev–Trinajstić information content (AvgIpc) is 2.92. The van der Waals surface area contributed by atoms with Crippen LogP contribution in [0.25, 0.3) is 0 Å². The van der Waals surface area contributed by atoms with Crippen molar-refractivity contribution in [2.24, 2.45) is 0 Å². The van der Waals surface area contributed by atoms with Crippen molar-refractivity contribution in [2.75, 3.05) is 0 Å². The topological polar surface area (TPSA) is 56.7 Å². The van der Waals surface area contributed by atoms with Crippen LogP contribution in [-0.2, 0) is 5.75 Å². The average molecular weight is 264 g/mol. The van der Waals surface area contributed by atoms with E-state index in [1.807, 2.05) is 12.4 Å². The number of hydrogen-bond donors (Lipinski definition) is 0. The van der Waals surface area contributed by atoms with Gasteiger partial charge in [-0.05, 0) is 12.8 Å². The summed E-state index contributed by atoms with van der Waals surface area (Å²) in [6, 6.07) is 0.656. The molecule has 1 fully saturated rings. The highest BCUT2D eigenvalue weighted by molar-refractivity contribution is 7.98. The van der Waals surface area contributed by atoms with E-state index in [4.69, 9.17) is 4.52 Å². The molecule has 96 valence electrons. The van der Waals surface area contributed by atoms with Crippen molar-refractivity contribution in [3.63, 3.8) is 0 Å². The quantitative estimate of drug-likeness (QED) is 0.777. The molecule has 0 saturated heterocycles. The van der Waals surface area contributed by atoms with Gasteiger partial charge in [-0.3, -0.25) is 0 Å². The summed E-state index contributed by atoms with van der Waals surface area (Å²) in [4.78, 5) is 8.73. The molecule has 0 spiro atoms. The van der Waals surface area contributed by atoms with E-state index in [0.717, 1.165) is 11.0 Å². The summed E-state index contributed by atoms with van der Waals surface area (Å²) in [7, 11) is 0. The molecule has 18 heavy (non-hydrogen) atoms. The standard InChI is InChI=1S/C12H16N4OS/c1-8(2)11-14-10(17-15-11)7-18-12-13-5-6-16(12)9-3-4-9/h5-6,8-9H,3-4,7H2,1-2H3. The summed E-state index contributed by atoms with van der Waals surface area (Å²) in [6.07, 6.45) is 6.44. The minimum absolute atomic E-state index is 0.306. The first-order valence-electron chi connectivity index (χ1n) is 6.22. The molecular weight excluding hydrogens is 248 g/mol. The van der Waals surface area contributed by atoms with E-state index in [1.165, 1.54) is 12.8 Å². The minimum Gasteiger partial charge on any atom is -0.338 e. The van der Waals surface area contributed by atoms with Crippen molar-refractivity contribution in [3.05, 3.63) is 24.1 Å². The lowest BCUT2D eigenvalue weighted by Crippen LogP contribution is -1.95. The van der Waals surface area contributed by atoms with Gasteiger partial charge in [0.1, 0.15) is 0 Å². The van der Waals surface area contributed by atoms with Gasteiger partial charge >= 0.3 is 0 Å². The van der Waals surface area contributed by atoms with Gasteiger partial charge in [0.05, 0.1) is 5.75 Å². The van der Waals surface area contributed by atoms with Gasteiger partial charge in [-0.2, -0.15) is 4.98 Å². The zero-order valence-electron chi connectivity index (χ0n) is 10.5. The van der Waals surface area contributed by atoms with E-state index < -0.39 is 0 Å². The van der Waals surface area contributed by atoms with Crippen molar-refractivity contribution in [3.8, 4) is 0 Å².